The first-order chi connectivity index (χ1) is 8.74. The molecule has 4 nitrogen and oxygen atoms in total. The molecule has 1 aliphatic rings. The Hall–Kier alpha value is -1.10. The highest BCUT2D eigenvalue weighted by molar-refractivity contribution is 9.10. The van der Waals surface area contributed by atoms with Crippen molar-refractivity contribution in [1.82, 2.24) is 14.6 Å². The van der Waals surface area contributed by atoms with E-state index < -0.39 is 0 Å². The van der Waals surface area contributed by atoms with Gasteiger partial charge in [-0.25, -0.2) is 9.50 Å². The molecule has 0 radical (unpaired) electrons. The van der Waals surface area contributed by atoms with Crippen molar-refractivity contribution in [1.29, 1.82) is 0 Å². The Morgan fingerprint density at radius 1 is 1.50 bits per heavy atom. The molecule has 2 heterocycles. The number of halogens is 1. The molecule has 0 spiro atoms. The fourth-order valence-corrected chi connectivity index (χ4v) is 2.99. The van der Waals surface area contributed by atoms with Crippen molar-refractivity contribution in [3.05, 3.63) is 23.1 Å². The van der Waals surface area contributed by atoms with Gasteiger partial charge in [0.1, 0.15) is 5.52 Å². The Kier molecular flexibility index (Phi) is 3.01. The summed E-state index contributed by atoms with van der Waals surface area (Å²) >= 11 is 3.52. The first kappa shape index (κ1) is 12.0. The van der Waals surface area contributed by atoms with Gasteiger partial charge >= 0.3 is 0 Å². The van der Waals surface area contributed by atoms with Gasteiger partial charge in [0.2, 0.25) is 0 Å². The van der Waals surface area contributed by atoms with Gasteiger partial charge in [0.15, 0.2) is 5.82 Å². The highest BCUT2D eigenvalue weighted by atomic mass is 79.9. The highest BCUT2D eigenvalue weighted by Crippen LogP contribution is 2.49. The average molecular weight is 309 g/mol. The van der Waals surface area contributed by atoms with E-state index in [1.807, 2.05) is 10.7 Å². The number of anilines is 1. The van der Waals surface area contributed by atoms with E-state index >= 15 is 0 Å². The summed E-state index contributed by atoms with van der Waals surface area (Å²) in [7, 11) is 0. The van der Waals surface area contributed by atoms with E-state index in [2.05, 4.69) is 38.3 Å². The minimum Gasteiger partial charge on any atom is -0.368 e. The van der Waals surface area contributed by atoms with Crippen LogP contribution in [0.2, 0.25) is 0 Å². The third-order valence-corrected chi connectivity index (χ3v) is 4.34. The fraction of sp³-hybridized carbons (Fsp3) is 0.538. The normalized spacial score (nSPS) is 17.0. The van der Waals surface area contributed by atoms with Crippen LogP contribution in [-0.2, 0) is 0 Å². The molecule has 0 bridgehead atoms. The van der Waals surface area contributed by atoms with Gasteiger partial charge < -0.3 is 5.32 Å². The van der Waals surface area contributed by atoms with E-state index in [4.69, 9.17) is 0 Å². The summed E-state index contributed by atoms with van der Waals surface area (Å²) in [4.78, 5) is 4.43. The molecule has 2 aromatic heterocycles. The third-order valence-electron chi connectivity index (χ3n) is 3.75. The van der Waals surface area contributed by atoms with Crippen LogP contribution >= 0.6 is 15.9 Å². The molecule has 5 heteroatoms. The van der Waals surface area contributed by atoms with Crippen LogP contribution in [0.5, 0.6) is 0 Å². The predicted molar refractivity (Wildman–Crippen MR) is 75.8 cm³/mol. The van der Waals surface area contributed by atoms with E-state index in [9.17, 15) is 0 Å². The zero-order valence-corrected chi connectivity index (χ0v) is 12.1. The van der Waals surface area contributed by atoms with Crippen molar-refractivity contribution in [2.24, 2.45) is 5.41 Å². The van der Waals surface area contributed by atoms with Gasteiger partial charge in [-0.1, -0.05) is 13.3 Å². The number of nitrogens with one attached hydrogen (secondary N) is 1. The minimum absolute atomic E-state index is 0.524. The molecular formula is C13H17BrN4. The molecule has 3 rings (SSSR count). The summed E-state index contributed by atoms with van der Waals surface area (Å²) in [6.45, 7) is 3.28. The molecule has 0 aromatic carbocycles. The second-order valence-corrected chi connectivity index (χ2v) is 6.02. The van der Waals surface area contributed by atoms with Crippen LogP contribution in [-0.4, -0.2) is 21.1 Å². The summed E-state index contributed by atoms with van der Waals surface area (Å²) in [5, 5.41) is 7.77. The minimum atomic E-state index is 0.524. The Bertz CT molecular complexity index is 559. The molecule has 0 atom stereocenters. The standard InChI is InChI=1S/C13H17BrN4/c1-2-3-13(4-5-13)9-16-12-11-10(14)8-17-18(11)7-6-15-12/h6-8H,2-5,9H2,1H3,(H,15,16). The monoisotopic (exact) mass is 308 g/mol. The van der Waals surface area contributed by atoms with Crippen molar-refractivity contribution in [2.75, 3.05) is 11.9 Å². The van der Waals surface area contributed by atoms with Crippen LogP contribution in [0.25, 0.3) is 5.52 Å². The average Bonchev–Trinajstić information content (AvgIpc) is 3.04. The number of hydrogen-bond acceptors (Lipinski definition) is 3. The maximum absolute atomic E-state index is 4.43. The Morgan fingerprint density at radius 3 is 3.06 bits per heavy atom. The van der Waals surface area contributed by atoms with Gasteiger partial charge in [0.05, 0.1) is 10.7 Å². The lowest BCUT2D eigenvalue weighted by Crippen LogP contribution is -2.16. The Balaban J connectivity index is 1.80. The second kappa shape index (κ2) is 4.53. The van der Waals surface area contributed by atoms with Crippen molar-refractivity contribution in [3.8, 4) is 0 Å². The third kappa shape index (κ3) is 2.11. The summed E-state index contributed by atoms with van der Waals surface area (Å²) in [5.74, 6) is 0.921. The molecule has 0 saturated heterocycles. The summed E-state index contributed by atoms with van der Waals surface area (Å²) in [6, 6.07) is 0. The lowest BCUT2D eigenvalue weighted by atomic mass is 10.0. The topological polar surface area (TPSA) is 42.2 Å². The van der Waals surface area contributed by atoms with Gasteiger partial charge in [-0.3, -0.25) is 0 Å². The van der Waals surface area contributed by atoms with Crippen molar-refractivity contribution in [3.63, 3.8) is 0 Å². The van der Waals surface area contributed by atoms with E-state index in [0.717, 1.165) is 22.4 Å². The molecule has 1 saturated carbocycles. The molecule has 96 valence electrons. The van der Waals surface area contributed by atoms with E-state index in [1.165, 1.54) is 25.7 Å². The first-order valence-electron chi connectivity index (χ1n) is 6.46. The maximum Gasteiger partial charge on any atom is 0.153 e. The quantitative estimate of drug-likeness (QED) is 0.919. The Labute approximate surface area is 115 Å². The summed E-state index contributed by atoms with van der Waals surface area (Å²) in [5.41, 5.74) is 1.54. The summed E-state index contributed by atoms with van der Waals surface area (Å²) < 4.78 is 2.83. The van der Waals surface area contributed by atoms with Gasteiger partial charge in [-0.2, -0.15) is 5.10 Å². The number of hydrogen-bond donors (Lipinski definition) is 1. The molecule has 0 aliphatic heterocycles. The first-order valence-corrected chi connectivity index (χ1v) is 7.25. The summed E-state index contributed by atoms with van der Waals surface area (Å²) in [6.07, 6.45) is 10.7. The number of rotatable bonds is 5. The largest absolute Gasteiger partial charge is 0.368 e. The predicted octanol–water partition coefficient (Wildman–Crippen LogP) is 3.48. The van der Waals surface area contributed by atoms with Gasteiger partial charge in [-0.05, 0) is 40.6 Å². The van der Waals surface area contributed by atoms with E-state index in [0.29, 0.717) is 5.41 Å². The van der Waals surface area contributed by atoms with Gasteiger partial charge in [0, 0.05) is 18.9 Å². The van der Waals surface area contributed by atoms with Crippen molar-refractivity contribution in [2.45, 2.75) is 32.6 Å². The number of nitrogens with zero attached hydrogens (tertiary/aromatic N) is 3. The Morgan fingerprint density at radius 2 is 2.33 bits per heavy atom. The molecular weight excluding hydrogens is 292 g/mol. The van der Waals surface area contributed by atoms with Crippen LogP contribution in [0.1, 0.15) is 32.6 Å². The molecule has 18 heavy (non-hydrogen) atoms. The molecule has 0 unspecified atom stereocenters. The van der Waals surface area contributed by atoms with Crippen LogP contribution in [0.15, 0.2) is 23.1 Å². The molecule has 1 N–H and O–H groups in total. The van der Waals surface area contributed by atoms with Crippen molar-refractivity contribution < 1.29 is 0 Å². The molecule has 1 fully saturated rings. The van der Waals surface area contributed by atoms with Crippen LogP contribution in [0, 0.1) is 5.41 Å². The fourth-order valence-electron chi connectivity index (χ4n) is 2.53. The van der Waals surface area contributed by atoms with Crippen LogP contribution in [0.4, 0.5) is 5.82 Å². The second-order valence-electron chi connectivity index (χ2n) is 5.17. The van der Waals surface area contributed by atoms with Gasteiger partial charge in [-0.15, -0.1) is 0 Å². The van der Waals surface area contributed by atoms with Crippen LogP contribution < -0.4 is 5.32 Å². The lowest BCUT2D eigenvalue weighted by molar-refractivity contribution is 0.485. The molecule has 0 amide bonds. The molecule has 1 aliphatic carbocycles. The zero-order chi connectivity index (χ0) is 12.6. The van der Waals surface area contributed by atoms with E-state index in [-0.39, 0.29) is 0 Å². The smallest absolute Gasteiger partial charge is 0.153 e. The molecule has 2 aromatic rings. The lowest BCUT2D eigenvalue weighted by Gasteiger charge is -2.15. The highest BCUT2D eigenvalue weighted by Gasteiger charge is 2.41. The van der Waals surface area contributed by atoms with Gasteiger partial charge in [0.25, 0.3) is 0 Å². The zero-order valence-electron chi connectivity index (χ0n) is 10.5. The van der Waals surface area contributed by atoms with Crippen LogP contribution in [0.3, 0.4) is 0 Å². The number of fused-ring (bicyclic) bond motifs is 1. The van der Waals surface area contributed by atoms with Crippen molar-refractivity contribution >= 4 is 27.3 Å². The van der Waals surface area contributed by atoms with E-state index in [1.54, 1.807) is 12.4 Å². The number of aromatic nitrogens is 3. The SMILES string of the molecule is CCCC1(CNc2nccn3ncc(Br)c23)CC1. The maximum atomic E-state index is 4.43.